The fourth-order valence-electron chi connectivity index (χ4n) is 2.04. The van der Waals surface area contributed by atoms with Gasteiger partial charge in [-0.2, -0.15) is 0 Å². The summed E-state index contributed by atoms with van der Waals surface area (Å²) in [6.45, 7) is 1.57. The molecule has 0 fully saturated rings. The van der Waals surface area contributed by atoms with E-state index in [0.717, 1.165) is 10.2 Å². The highest BCUT2D eigenvalue weighted by atomic mass is 79.9. The molecular formula is C16H13BrN2O4S. The number of aromatic nitrogens is 2. The van der Waals surface area contributed by atoms with Crippen LogP contribution in [0.25, 0.3) is 4.96 Å². The summed E-state index contributed by atoms with van der Waals surface area (Å²) < 4.78 is 12.9. The smallest absolute Gasteiger partial charge is 0.344 e. The van der Waals surface area contributed by atoms with Gasteiger partial charge in [-0.3, -0.25) is 9.20 Å². The number of aryl methyl sites for hydroxylation is 1. The Bertz CT molecular complexity index is 933. The molecule has 124 valence electrons. The predicted molar refractivity (Wildman–Crippen MR) is 93.5 cm³/mol. The van der Waals surface area contributed by atoms with Gasteiger partial charge in [0.25, 0.3) is 5.56 Å². The van der Waals surface area contributed by atoms with Gasteiger partial charge in [0.1, 0.15) is 12.4 Å². The van der Waals surface area contributed by atoms with Gasteiger partial charge in [0, 0.05) is 21.6 Å². The molecule has 24 heavy (non-hydrogen) atoms. The molecule has 0 saturated carbocycles. The van der Waals surface area contributed by atoms with E-state index >= 15 is 0 Å². The highest BCUT2D eigenvalue weighted by molar-refractivity contribution is 9.10. The Balaban J connectivity index is 1.58. The van der Waals surface area contributed by atoms with Gasteiger partial charge in [-0.1, -0.05) is 15.9 Å². The Hall–Kier alpha value is -2.19. The molecule has 0 spiro atoms. The number of thiazole rings is 1. The van der Waals surface area contributed by atoms with Crippen LogP contribution in [-0.4, -0.2) is 22.0 Å². The van der Waals surface area contributed by atoms with E-state index in [1.165, 1.54) is 21.8 Å². The van der Waals surface area contributed by atoms with E-state index in [2.05, 4.69) is 20.9 Å². The van der Waals surface area contributed by atoms with Crippen molar-refractivity contribution in [3.63, 3.8) is 0 Å². The number of halogens is 1. The Morgan fingerprint density at radius 1 is 1.33 bits per heavy atom. The van der Waals surface area contributed by atoms with Crippen LogP contribution < -0.4 is 10.3 Å². The molecule has 0 bridgehead atoms. The van der Waals surface area contributed by atoms with Crippen LogP contribution in [0.5, 0.6) is 5.75 Å². The van der Waals surface area contributed by atoms with Crippen molar-refractivity contribution in [2.75, 3.05) is 6.61 Å². The third-order valence-electron chi connectivity index (χ3n) is 3.18. The number of ether oxygens (including phenoxy) is 2. The molecule has 0 aliphatic heterocycles. The number of hydrogen-bond donors (Lipinski definition) is 0. The van der Waals surface area contributed by atoms with E-state index in [-0.39, 0.29) is 18.8 Å². The molecule has 6 nitrogen and oxygen atoms in total. The van der Waals surface area contributed by atoms with Crippen LogP contribution in [0.4, 0.5) is 0 Å². The first-order valence-corrected chi connectivity index (χ1v) is 8.71. The molecule has 3 aromatic rings. The van der Waals surface area contributed by atoms with Crippen molar-refractivity contribution in [3.8, 4) is 5.75 Å². The van der Waals surface area contributed by atoms with Crippen molar-refractivity contribution < 1.29 is 14.3 Å². The van der Waals surface area contributed by atoms with Crippen molar-refractivity contribution in [2.24, 2.45) is 0 Å². The minimum Gasteiger partial charge on any atom is -0.482 e. The lowest BCUT2D eigenvalue weighted by Gasteiger charge is -2.07. The summed E-state index contributed by atoms with van der Waals surface area (Å²) in [5, 5.41) is 1.85. The second-order valence-corrected chi connectivity index (χ2v) is 6.74. The second kappa shape index (κ2) is 7.14. The van der Waals surface area contributed by atoms with Gasteiger partial charge in [-0.25, -0.2) is 9.78 Å². The average molecular weight is 409 g/mol. The summed E-state index contributed by atoms with van der Waals surface area (Å²) in [5.41, 5.74) is 1.06. The molecule has 0 radical (unpaired) electrons. The summed E-state index contributed by atoms with van der Waals surface area (Å²) in [6.07, 6.45) is 0. The van der Waals surface area contributed by atoms with E-state index in [0.29, 0.717) is 16.4 Å². The molecule has 2 aromatic heterocycles. The lowest BCUT2D eigenvalue weighted by atomic mass is 10.3. The first-order valence-electron chi connectivity index (χ1n) is 7.04. The van der Waals surface area contributed by atoms with E-state index < -0.39 is 5.97 Å². The predicted octanol–water partition coefficient (Wildman–Crippen LogP) is 2.95. The minimum atomic E-state index is -0.526. The summed E-state index contributed by atoms with van der Waals surface area (Å²) in [7, 11) is 0. The number of carbonyl (C=O) groups is 1. The maximum Gasteiger partial charge on any atom is 0.344 e. The van der Waals surface area contributed by atoms with Crippen LogP contribution in [0.2, 0.25) is 0 Å². The zero-order chi connectivity index (χ0) is 17.1. The van der Waals surface area contributed by atoms with Crippen LogP contribution >= 0.6 is 27.3 Å². The number of esters is 1. The molecule has 0 aliphatic carbocycles. The zero-order valence-electron chi connectivity index (χ0n) is 12.7. The second-order valence-electron chi connectivity index (χ2n) is 4.98. The largest absolute Gasteiger partial charge is 0.482 e. The standard InChI is InChI=1S/C16H13BrN2O4S/c1-10-9-24-16-18-12(6-14(20)19(10)16)7-23-15(21)8-22-13-4-2-11(17)3-5-13/h2-6,9H,7-8H2,1H3. The minimum absolute atomic E-state index is 0.0643. The van der Waals surface area contributed by atoms with Crippen LogP contribution in [0, 0.1) is 6.92 Å². The van der Waals surface area contributed by atoms with Crippen molar-refractivity contribution in [1.82, 2.24) is 9.38 Å². The number of rotatable bonds is 5. The van der Waals surface area contributed by atoms with Crippen LogP contribution in [0.15, 0.2) is 45.0 Å². The van der Waals surface area contributed by atoms with Crippen molar-refractivity contribution in [2.45, 2.75) is 13.5 Å². The molecule has 0 atom stereocenters. The Kier molecular flexibility index (Phi) is 4.96. The van der Waals surface area contributed by atoms with Gasteiger partial charge in [0.05, 0.1) is 5.69 Å². The van der Waals surface area contributed by atoms with Gasteiger partial charge >= 0.3 is 5.97 Å². The normalized spacial score (nSPS) is 10.8. The number of hydrogen-bond acceptors (Lipinski definition) is 6. The SMILES string of the molecule is Cc1csc2nc(COC(=O)COc3ccc(Br)cc3)cc(=O)n12. The molecule has 3 rings (SSSR count). The van der Waals surface area contributed by atoms with Crippen LogP contribution in [0.1, 0.15) is 11.4 Å². The highest BCUT2D eigenvalue weighted by Gasteiger charge is 2.09. The molecule has 0 aliphatic rings. The quantitative estimate of drug-likeness (QED) is 0.606. The molecule has 2 heterocycles. The monoisotopic (exact) mass is 408 g/mol. The molecule has 8 heteroatoms. The molecule has 0 saturated heterocycles. The Labute approximate surface area is 149 Å². The molecule has 0 amide bonds. The Morgan fingerprint density at radius 2 is 2.08 bits per heavy atom. The number of carbonyl (C=O) groups excluding carboxylic acids is 1. The first-order chi connectivity index (χ1) is 11.5. The maximum atomic E-state index is 12.0. The number of nitrogens with zero attached hydrogens (tertiary/aromatic N) is 2. The molecule has 0 N–H and O–H groups in total. The molecule has 0 unspecified atom stereocenters. The average Bonchev–Trinajstić information content (AvgIpc) is 2.94. The number of fused-ring (bicyclic) bond motifs is 1. The zero-order valence-corrected chi connectivity index (χ0v) is 15.1. The first kappa shape index (κ1) is 16.7. The number of benzene rings is 1. The third kappa shape index (κ3) is 3.82. The summed E-state index contributed by atoms with van der Waals surface area (Å²) >= 11 is 4.69. The van der Waals surface area contributed by atoms with Crippen LogP contribution in [-0.2, 0) is 16.1 Å². The van der Waals surface area contributed by atoms with Gasteiger partial charge in [0.15, 0.2) is 11.6 Å². The van der Waals surface area contributed by atoms with Crippen molar-refractivity contribution >= 4 is 38.2 Å². The van der Waals surface area contributed by atoms with Gasteiger partial charge in [-0.15, -0.1) is 11.3 Å². The van der Waals surface area contributed by atoms with Gasteiger partial charge in [-0.05, 0) is 31.2 Å². The Morgan fingerprint density at radius 3 is 2.83 bits per heavy atom. The van der Waals surface area contributed by atoms with Gasteiger partial charge < -0.3 is 9.47 Å². The van der Waals surface area contributed by atoms with Crippen LogP contribution in [0.3, 0.4) is 0 Å². The lowest BCUT2D eigenvalue weighted by molar-refractivity contribution is -0.147. The fourth-order valence-corrected chi connectivity index (χ4v) is 3.20. The van der Waals surface area contributed by atoms with Crippen molar-refractivity contribution in [3.05, 3.63) is 61.9 Å². The van der Waals surface area contributed by atoms with E-state index in [4.69, 9.17) is 9.47 Å². The molecular weight excluding hydrogens is 396 g/mol. The topological polar surface area (TPSA) is 69.9 Å². The van der Waals surface area contributed by atoms with E-state index in [1.54, 1.807) is 12.1 Å². The summed E-state index contributed by atoms with van der Waals surface area (Å²) in [6, 6.07) is 8.49. The molecule has 1 aromatic carbocycles. The van der Waals surface area contributed by atoms with E-state index in [9.17, 15) is 9.59 Å². The summed E-state index contributed by atoms with van der Waals surface area (Å²) in [5.74, 6) is 0.0456. The van der Waals surface area contributed by atoms with Crippen molar-refractivity contribution in [1.29, 1.82) is 0 Å². The maximum absolute atomic E-state index is 12.0. The highest BCUT2D eigenvalue weighted by Crippen LogP contribution is 2.16. The third-order valence-corrected chi connectivity index (χ3v) is 4.65. The fraction of sp³-hybridized carbons (Fsp3) is 0.188. The van der Waals surface area contributed by atoms with E-state index in [1.807, 2.05) is 24.4 Å². The summed E-state index contributed by atoms with van der Waals surface area (Å²) in [4.78, 5) is 28.7. The lowest BCUT2D eigenvalue weighted by Crippen LogP contribution is -2.18. The van der Waals surface area contributed by atoms with Gasteiger partial charge in [0.2, 0.25) is 0 Å².